The molecule has 0 amide bonds. The monoisotopic (exact) mass is 212 g/mol. The smallest absolute Gasteiger partial charge is 0.0709 e. The Morgan fingerprint density at radius 3 is 3.06 bits per heavy atom. The van der Waals surface area contributed by atoms with Gasteiger partial charge in [0.15, 0.2) is 0 Å². The second kappa shape index (κ2) is 3.48. The number of aryl methyl sites for hydroxylation is 2. The van der Waals surface area contributed by atoms with Crippen molar-refractivity contribution in [3.8, 4) is 0 Å². The second-order valence-electron chi connectivity index (χ2n) is 4.74. The van der Waals surface area contributed by atoms with Crippen molar-refractivity contribution in [1.82, 2.24) is 4.98 Å². The van der Waals surface area contributed by atoms with Crippen molar-refractivity contribution in [3.63, 3.8) is 0 Å². The number of hydrogen-bond donors (Lipinski definition) is 1. The van der Waals surface area contributed by atoms with Gasteiger partial charge in [-0.25, -0.2) is 0 Å². The van der Waals surface area contributed by atoms with E-state index in [1.54, 1.807) is 0 Å². The van der Waals surface area contributed by atoms with Crippen LogP contribution in [0.25, 0.3) is 10.9 Å². The third-order valence-electron chi connectivity index (χ3n) is 3.30. The van der Waals surface area contributed by atoms with E-state index in [2.05, 4.69) is 41.5 Å². The predicted octanol–water partition coefficient (Wildman–Crippen LogP) is 3.29. The highest BCUT2D eigenvalue weighted by atomic mass is 14.9. The SMILES string of the molecule is Cc1ccc2cc3c(cc2n1)CC[C@@H](C)N3. The maximum absolute atomic E-state index is 4.58. The number of aromatic nitrogens is 1. The van der Waals surface area contributed by atoms with Crippen LogP contribution in [0.5, 0.6) is 0 Å². The fourth-order valence-corrected chi connectivity index (χ4v) is 2.37. The minimum Gasteiger partial charge on any atom is -0.382 e. The van der Waals surface area contributed by atoms with E-state index in [1.807, 2.05) is 6.92 Å². The molecule has 0 aliphatic carbocycles. The molecular weight excluding hydrogens is 196 g/mol. The van der Waals surface area contributed by atoms with E-state index in [9.17, 15) is 0 Å². The van der Waals surface area contributed by atoms with Gasteiger partial charge in [-0.1, -0.05) is 6.07 Å². The number of anilines is 1. The Bertz CT molecular complexity index is 546. The van der Waals surface area contributed by atoms with Crippen LogP contribution < -0.4 is 5.32 Å². The Hall–Kier alpha value is -1.57. The number of nitrogens with one attached hydrogen (secondary N) is 1. The number of hydrogen-bond acceptors (Lipinski definition) is 2. The summed E-state index contributed by atoms with van der Waals surface area (Å²) < 4.78 is 0. The normalized spacial score (nSPS) is 19.2. The van der Waals surface area contributed by atoms with E-state index >= 15 is 0 Å². The van der Waals surface area contributed by atoms with Crippen molar-refractivity contribution in [2.45, 2.75) is 32.7 Å². The highest BCUT2D eigenvalue weighted by Crippen LogP contribution is 2.28. The van der Waals surface area contributed by atoms with E-state index in [-0.39, 0.29) is 0 Å². The van der Waals surface area contributed by atoms with E-state index in [0.717, 1.165) is 17.6 Å². The lowest BCUT2D eigenvalue weighted by Crippen LogP contribution is -2.21. The van der Waals surface area contributed by atoms with E-state index in [1.165, 1.54) is 23.1 Å². The summed E-state index contributed by atoms with van der Waals surface area (Å²) in [5.41, 5.74) is 4.90. The van der Waals surface area contributed by atoms with Crippen LogP contribution >= 0.6 is 0 Å². The molecule has 1 aliphatic rings. The summed E-state index contributed by atoms with van der Waals surface area (Å²) in [5, 5.41) is 4.77. The molecule has 0 spiro atoms. The van der Waals surface area contributed by atoms with Gasteiger partial charge in [0, 0.05) is 22.8 Å². The number of pyridine rings is 1. The maximum atomic E-state index is 4.58. The lowest BCUT2D eigenvalue weighted by atomic mass is 9.97. The summed E-state index contributed by atoms with van der Waals surface area (Å²) in [4.78, 5) is 4.58. The molecule has 1 aromatic heterocycles. The van der Waals surface area contributed by atoms with Crippen LogP contribution in [0.15, 0.2) is 24.3 Å². The Morgan fingerprint density at radius 1 is 1.31 bits per heavy atom. The number of benzene rings is 1. The van der Waals surface area contributed by atoms with Gasteiger partial charge in [0.2, 0.25) is 0 Å². The first-order chi connectivity index (χ1) is 7.72. The summed E-state index contributed by atoms with van der Waals surface area (Å²) in [6.07, 6.45) is 2.37. The number of fused-ring (bicyclic) bond motifs is 2. The molecule has 2 aromatic rings. The summed E-state index contributed by atoms with van der Waals surface area (Å²) in [5.74, 6) is 0. The minimum atomic E-state index is 0.586. The van der Waals surface area contributed by atoms with E-state index in [4.69, 9.17) is 0 Å². The molecule has 1 aromatic carbocycles. The Balaban J connectivity index is 2.19. The summed E-state index contributed by atoms with van der Waals surface area (Å²) in [7, 11) is 0. The second-order valence-corrected chi connectivity index (χ2v) is 4.74. The largest absolute Gasteiger partial charge is 0.382 e. The van der Waals surface area contributed by atoms with Gasteiger partial charge >= 0.3 is 0 Å². The highest BCUT2D eigenvalue weighted by Gasteiger charge is 2.14. The Kier molecular flexibility index (Phi) is 2.10. The molecule has 1 atom stereocenters. The van der Waals surface area contributed by atoms with E-state index < -0.39 is 0 Å². The van der Waals surface area contributed by atoms with Crippen LogP contribution in [0.3, 0.4) is 0 Å². The number of rotatable bonds is 0. The van der Waals surface area contributed by atoms with Gasteiger partial charge in [-0.05, 0) is 50.5 Å². The fraction of sp³-hybridized carbons (Fsp3) is 0.357. The van der Waals surface area contributed by atoms with Crippen molar-refractivity contribution >= 4 is 16.6 Å². The maximum Gasteiger partial charge on any atom is 0.0709 e. The zero-order valence-electron chi connectivity index (χ0n) is 9.75. The van der Waals surface area contributed by atoms with E-state index in [0.29, 0.717) is 6.04 Å². The molecular formula is C14H16N2. The van der Waals surface area contributed by atoms with Crippen LogP contribution in [0, 0.1) is 6.92 Å². The molecule has 0 bridgehead atoms. The number of nitrogens with zero attached hydrogens (tertiary/aromatic N) is 1. The third kappa shape index (κ3) is 1.54. The van der Waals surface area contributed by atoms with Crippen molar-refractivity contribution in [2.75, 3.05) is 5.32 Å². The van der Waals surface area contributed by atoms with Gasteiger partial charge in [0.1, 0.15) is 0 Å². The molecule has 2 heterocycles. The topological polar surface area (TPSA) is 24.9 Å². The van der Waals surface area contributed by atoms with Crippen LogP contribution in [0.1, 0.15) is 24.6 Å². The fourth-order valence-electron chi connectivity index (χ4n) is 2.37. The summed E-state index contributed by atoms with van der Waals surface area (Å²) in [6.45, 7) is 4.28. The Morgan fingerprint density at radius 2 is 2.19 bits per heavy atom. The van der Waals surface area contributed by atoms with Crippen LogP contribution in [-0.4, -0.2) is 11.0 Å². The lowest BCUT2D eigenvalue weighted by molar-refractivity contribution is 0.681. The molecule has 0 unspecified atom stereocenters. The molecule has 2 nitrogen and oxygen atoms in total. The van der Waals surface area contributed by atoms with Gasteiger partial charge in [0.05, 0.1) is 5.52 Å². The molecule has 0 fully saturated rings. The molecule has 0 saturated carbocycles. The van der Waals surface area contributed by atoms with Gasteiger partial charge in [-0.15, -0.1) is 0 Å². The molecule has 1 aliphatic heterocycles. The summed E-state index contributed by atoms with van der Waals surface area (Å²) in [6, 6.07) is 9.27. The van der Waals surface area contributed by atoms with Crippen molar-refractivity contribution in [3.05, 3.63) is 35.5 Å². The molecule has 0 radical (unpaired) electrons. The van der Waals surface area contributed by atoms with Crippen LogP contribution in [0.2, 0.25) is 0 Å². The van der Waals surface area contributed by atoms with Gasteiger partial charge in [-0.3, -0.25) is 4.98 Å². The molecule has 2 heteroatoms. The first-order valence-corrected chi connectivity index (χ1v) is 5.89. The molecule has 1 N–H and O–H groups in total. The van der Waals surface area contributed by atoms with Gasteiger partial charge in [0.25, 0.3) is 0 Å². The zero-order chi connectivity index (χ0) is 11.1. The average Bonchev–Trinajstić information content (AvgIpc) is 2.26. The van der Waals surface area contributed by atoms with Gasteiger partial charge in [-0.2, -0.15) is 0 Å². The van der Waals surface area contributed by atoms with Crippen molar-refractivity contribution < 1.29 is 0 Å². The third-order valence-corrected chi connectivity index (χ3v) is 3.30. The molecule has 16 heavy (non-hydrogen) atoms. The zero-order valence-corrected chi connectivity index (χ0v) is 9.75. The van der Waals surface area contributed by atoms with Crippen molar-refractivity contribution in [1.29, 1.82) is 0 Å². The standard InChI is InChI=1S/C14H16N2/c1-9-3-5-11-8-14-12(7-13(11)15-9)6-4-10(2)16-14/h3,5,7-8,10,16H,4,6H2,1-2H3/t10-/m1/s1. The summed E-state index contributed by atoms with van der Waals surface area (Å²) >= 11 is 0. The minimum absolute atomic E-state index is 0.586. The molecule has 0 saturated heterocycles. The van der Waals surface area contributed by atoms with Crippen molar-refractivity contribution in [2.24, 2.45) is 0 Å². The first kappa shape index (κ1) is 9.64. The van der Waals surface area contributed by atoms with Crippen LogP contribution in [0.4, 0.5) is 5.69 Å². The average molecular weight is 212 g/mol. The quantitative estimate of drug-likeness (QED) is 0.724. The molecule has 82 valence electrons. The Labute approximate surface area is 95.7 Å². The first-order valence-electron chi connectivity index (χ1n) is 5.89. The predicted molar refractivity (Wildman–Crippen MR) is 67.9 cm³/mol. The lowest BCUT2D eigenvalue weighted by Gasteiger charge is -2.24. The highest BCUT2D eigenvalue weighted by molar-refractivity contribution is 5.84. The van der Waals surface area contributed by atoms with Crippen LogP contribution in [-0.2, 0) is 6.42 Å². The molecule has 3 rings (SSSR count). The van der Waals surface area contributed by atoms with Gasteiger partial charge < -0.3 is 5.32 Å².